The van der Waals surface area contributed by atoms with Crippen LogP contribution in [0.25, 0.3) is 0 Å². The molecule has 1 rings (SSSR count). The highest BCUT2D eigenvalue weighted by Gasteiger charge is 2.12. The number of rotatable bonds is 11. The van der Waals surface area contributed by atoms with Crippen LogP contribution >= 0.6 is 11.8 Å². The van der Waals surface area contributed by atoms with Crippen molar-refractivity contribution in [3.63, 3.8) is 0 Å². The number of methoxy groups -OCH3 is 1. The number of aliphatic hydroxyl groups excluding tert-OH is 1. The van der Waals surface area contributed by atoms with Gasteiger partial charge in [0.1, 0.15) is 6.61 Å². The number of thioether (sulfide) groups is 1. The molecule has 0 saturated heterocycles. The van der Waals surface area contributed by atoms with Crippen molar-refractivity contribution in [1.82, 2.24) is 14.8 Å². The molecule has 0 unspecified atom stereocenters. The molecular weight excluding hydrogens is 286 g/mol. The van der Waals surface area contributed by atoms with Crippen LogP contribution in [0, 0.1) is 0 Å². The van der Waals surface area contributed by atoms with Crippen LogP contribution in [-0.4, -0.2) is 63.6 Å². The van der Waals surface area contributed by atoms with E-state index in [9.17, 15) is 9.90 Å². The van der Waals surface area contributed by atoms with Gasteiger partial charge in [-0.2, -0.15) is 0 Å². The summed E-state index contributed by atoms with van der Waals surface area (Å²) in [6.45, 7) is 1.97. The lowest BCUT2D eigenvalue weighted by Gasteiger charge is -2.08. The van der Waals surface area contributed by atoms with Crippen LogP contribution in [0.2, 0.25) is 0 Å². The summed E-state index contributed by atoms with van der Waals surface area (Å²) in [5.74, 6) is -0.582. The Bertz CT molecular complexity index is 413. The highest BCUT2D eigenvalue weighted by atomic mass is 32.2. The first-order chi connectivity index (χ1) is 9.69. The Balaban J connectivity index is 2.44. The lowest BCUT2D eigenvalue weighted by molar-refractivity contribution is -0.133. The van der Waals surface area contributed by atoms with Crippen molar-refractivity contribution in [1.29, 1.82) is 0 Å². The van der Waals surface area contributed by atoms with Crippen molar-refractivity contribution in [2.24, 2.45) is 0 Å². The molecule has 0 aliphatic carbocycles. The summed E-state index contributed by atoms with van der Waals surface area (Å²) < 4.78 is 11.9. The highest BCUT2D eigenvalue weighted by molar-refractivity contribution is 7.99. The van der Waals surface area contributed by atoms with Crippen molar-refractivity contribution in [3.05, 3.63) is 5.82 Å². The van der Waals surface area contributed by atoms with Crippen LogP contribution in [0.15, 0.2) is 5.16 Å². The van der Waals surface area contributed by atoms with Gasteiger partial charge in [0.25, 0.3) is 0 Å². The minimum Gasteiger partial charge on any atom is -0.481 e. The quantitative estimate of drug-likeness (QED) is 0.434. The summed E-state index contributed by atoms with van der Waals surface area (Å²) in [7, 11) is 1.61. The Hall–Kier alpha value is -1.16. The molecule has 1 aromatic rings. The molecule has 0 aliphatic heterocycles. The smallest absolute Gasteiger partial charge is 0.313 e. The molecule has 1 heterocycles. The van der Waals surface area contributed by atoms with Gasteiger partial charge in [0.05, 0.1) is 19.0 Å². The summed E-state index contributed by atoms with van der Waals surface area (Å²) in [6.07, 6.45) is 0.718. The highest BCUT2D eigenvalue weighted by Crippen LogP contribution is 2.17. The van der Waals surface area contributed by atoms with Crippen LogP contribution in [0.4, 0.5) is 0 Å². The molecule has 0 radical (unpaired) electrons. The molecule has 8 nitrogen and oxygen atoms in total. The number of carboxylic acids is 1. The zero-order valence-corrected chi connectivity index (χ0v) is 12.1. The Morgan fingerprint density at radius 2 is 2.15 bits per heavy atom. The molecule has 0 spiro atoms. The third-order valence-corrected chi connectivity index (χ3v) is 3.31. The number of aromatic nitrogens is 3. The van der Waals surface area contributed by atoms with E-state index >= 15 is 0 Å². The molecule has 0 fully saturated rings. The third-order valence-electron chi connectivity index (χ3n) is 2.36. The fourth-order valence-electron chi connectivity index (χ4n) is 1.46. The van der Waals surface area contributed by atoms with Crippen LogP contribution < -0.4 is 0 Å². The second kappa shape index (κ2) is 9.70. The second-order valence-electron chi connectivity index (χ2n) is 3.85. The zero-order chi connectivity index (χ0) is 14.8. The predicted molar refractivity (Wildman–Crippen MR) is 71.6 cm³/mol. The molecule has 9 heteroatoms. The van der Waals surface area contributed by atoms with Gasteiger partial charge in [-0.05, 0) is 6.42 Å². The maximum absolute atomic E-state index is 10.6. The molecule has 114 valence electrons. The zero-order valence-electron chi connectivity index (χ0n) is 11.3. The van der Waals surface area contributed by atoms with Crippen molar-refractivity contribution in [2.45, 2.75) is 24.7 Å². The fraction of sp³-hybridized carbons (Fsp3) is 0.727. The normalized spacial score (nSPS) is 10.9. The predicted octanol–water partition coefficient (Wildman–Crippen LogP) is 0.000200. The van der Waals surface area contributed by atoms with Crippen molar-refractivity contribution < 1.29 is 24.5 Å². The van der Waals surface area contributed by atoms with E-state index in [1.807, 2.05) is 0 Å². The second-order valence-corrected chi connectivity index (χ2v) is 4.79. The van der Waals surface area contributed by atoms with Crippen LogP contribution in [0.1, 0.15) is 12.2 Å². The van der Waals surface area contributed by atoms with Crippen molar-refractivity contribution >= 4 is 17.7 Å². The van der Waals surface area contributed by atoms with Gasteiger partial charge in [-0.25, -0.2) is 0 Å². The summed E-state index contributed by atoms with van der Waals surface area (Å²) in [5.41, 5.74) is 0. The molecule has 0 atom stereocenters. The topological polar surface area (TPSA) is 107 Å². The molecule has 0 bridgehead atoms. The van der Waals surface area contributed by atoms with E-state index < -0.39 is 5.97 Å². The monoisotopic (exact) mass is 305 g/mol. The average Bonchev–Trinajstić information content (AvgIpc) is 2.82. The van der Waals surface area contributed by atoms with Crippen molar-refractivity contribution in [3.8, 4) is 0 Å². The minimum atomic E-state index is -0.919. The molecule has 20 heavy (non-hydrogen) atoms. The number of hydrogen-bond donors (Lipinski definition) is 2. The van der Waals surface area contributed by atoms with E-state index in [0.29, 0.717) is 37.3 Å². The Morgan fingerprint density at radius 3 is 2.80 bits per heavy atom. The number of ether oxygens (including phenoxy) is 2. The lowest BCUT2D eigenvalue weighted by Crippen LogP contribution is -2.10. The molecule has 0 aliphatic rings. The number of aliphatic carboxylic acids is 1. The fourth-order valence-corrected chi connectivity index (χ4v) is 2.17. The maximum atomic E-state index is 10.6. The van der Waals surface area contributed by atoms with E-state index in [0.717, 1.165) is 18.2 Å². The molecule has 2 N–H and O–H groups in total. The van der Waals surface area contributed by atoms with Gasteiger partial charge >= 0.3 is 5.97 Å². The van der Waals surface area contributed by atoms with Gasteiger partial charge < -0.3 is 24.3 Å². The van der Waals surface area contributed by atoms with E-state index in [-0.39, 0.29) is 12.4 Å². The molecule has 0 aromatic carbocycles. The molecular formula is C11H19N3O5S. The largest absolute Gasteiger partial charge is 0.481 e. The Kier molecular flexibility index (Phi) is 8.19. The first kappa shape index (κ1) is 16.9. The maximum Gasteiger partial charge on any atom is 0.313 e. The number of nitrogens with zero attached hydrogens (tertiary/aromatic N) is 3. The van der Waals surface area contributed by atoms with E-state index in [1.54, 1.807) is 11.7 Å². The summed E-state index contributed by atoms with van der Waals surface area (Å²) >= 11 is 1.08. The number of aliphatic hydroxyl groups is 1. The van der Waals surface area contributed by atoms with Crippen LogP contribution in [0.5, 0.6) is 0 Å². The van der Waals surface area contributed by atoms with Gasteiger partial charge in [-0.3, -0.25) is 4.79 Å². The van der Waals surface area contributed by atoms with Gasteiger partial charge in [0.2, 0.25) is 0 Å². The SMILES string of the molecule is COCCOCCCn1c(CO)nnc1SCC(=O)O. The van der Waals surface area contributed by atoms with Crippen molar-refractivity contribution in [2.75, 3.05) is 32.7 Å². The Morgan fingerprint density at radius 1 is 1.35 bits per heavy atom. The van der Waals surface area contributed by atoms with E-state index in [4.69, 9.17) is 14.6 Å². The van der Waals surface area contributed by atoms with Gasteiger partial charge in [-0.1, -0.05) is 11.8 Å². The molecule has 1 aromatic heterocycles. The number of carboxylic acid groups (broad SMARTS) is 1. The number of carbonyl (C=O) groups is 1. The summed E-state index contributed by atoms with van der Waals surface area (Å²) in [4.78, 5) is 10.6. The van der Waals surface area contributed by atoms with Gasteiger partial charge in [0, 0.05) is 20.3 Å². The summed E-state index contributed by atoms with van der Waals surface area (Å²) in [6, 6.07) is 0. The minimum absolute atomic E-state index is 0.0894. The average molecular weight is 305 g/mol. The first-order valence-corrected chi connectivity index (χ1v) is 7.11. The molecule has 0 saturated carbocycles. The third kappa shape index (κ3) is 5.87. The first-order valence-electron chi connectivity index (χ1n) is 6.13. The number of hydrogen-bond acceptors (Lipinski definition) is 7. The standard InChI is InChI=1S/C11H19N3O5S/c1-18-5-6-19-4-2-3-14-9(7-15)12-13-11(14)20-8-10(16)17/h15H,2-8H2,1H3,(H,16,17). The van der Waals surface area contributed by atoms with Gasteiger partial charge in [0.15, 0.2) is 11.0 Å². The van der Waals surface area contributed by atoms with E-state index in [1.165, 1.54) is 0 Å². The molecule has 0 amide bonds. The van der Waals surface area contributed by atoms with E-state index in [2.05, 4.69) is 10.2 Å². The van der Waals surface area contributed by atoms with Gasteiger partial charge in [-0.15, -0.1) is 10.2 Å². The summed E-state index contributed by atoms with van der Waals surface area (Å²) in [5, 5.41) is 26.1. The van der Waals surface area contributed by atoms with Crippen LogP contribution in [-0.2, 0) is 27.4 Å². The van der Waals surface area contributed by atoms with Crippen LogP contribution in [0.3, 0.4) is 0 Å². The lowest BCUT2D eigenvalue weighted by atomic mass is 10.4. The Labute approximate surface area is 121 Å².